The van der Waals surface area contributed by atoms with Gasteiger partial charge in [0.25, 0.3) is 0 Å². The van der Waals surface area contributed by atoms with Gasteiger partial charge in [-0.2, -0.15) is 0 Å². The van der Waals surface area contributed by atoms with Crippen molar-refractivity contribution in [2.24, 2.45) is 5.73 Å². The molecule has 0 fully saturated rings. The number of hydrogen-bond donors (Lipinski definition) is 3. The molecule has 180 valence electrons. The van der Waals surface area contributed by atoms with E-state index in [1.165, 1.54) is 0 Å². The van der Waals surface area contributed by atoms with Gasteiger partial charge in [-0.25, -0.2) is 0 Å². The highest BCUT2D eigenvalue weighted by Crippen LogP contribution is 2.36. The number of aliphatic hydroxyl groups is 1. The van der Waals surface area contributed by atoms with E-state index >= 15 is 0 Å². The minimum Gasteiger partial charge on any atom is -0.376 e. The van der Waals surface area contributed by atoms with E-state index in [-0.39, 0.29) is 12.6 Å². The van der Waals surface area contributed by atoms with Crippen LogP contribution < -0.4 is 16.0 Å². The van der Waals surface area contributed by atoms with Crippen LogP contribution in [0.25, 0.3) is 22.6 Å². The molecule has 3 aromatic carbocycles. The van der Waals surface area contributed by atoms with Gasteiger partial charge >= 0.3 is 0 Å². The second-order valence-corrected chi connectivity index (χ2v) is 8.62. The number of rotatable bonds is 9. The first-order valence-corrected chi connectivity index (χ1v) is 11.7. The number of nitrogens with zero attached hydrogens (tertiary/aromatic N) is 2. The summed E-state index contributed by atoms with van der Waals surface area (Å²) in [5, 5.41) is 17.8. The maximum atomic E-state index is 12.4. The van der Waals surface area contributed by atoms with E-state index in [0.29, 0.717) is 40.2 Å². The molecule has 0 saturated carbocycles. The molecule has 0 radical (unpaired) electrons. The number of hydrogen-bond acceptors (Lipinski definition) is 6. The zero-order chi connectivity index (χ0) is 24.8. The fraction of sp³-hybridized carbons (Fsp3) is 0.154. The molecule has 1 aromatic heterocycles. The Balaban J connectivity index is 1.43. The number of nitrogens with two attached hydrogens (primary N) is 1. The van der Waals surface area contributed by atoms with Gasteiger partial charge in [0.2, 0.25) is 5.91 Å². The van der Waals surface area contributed by atoms with Crippen molar-refractivity contribution >= 4 is 34.8 Å². The van der Waals surface area contributed by atoms with Gasteiger partial charge in [-0.1, -0.05) is 76.9 Å². The predicted molar refractivity (Wildman–Crippen MR) is 138 cm³/mol. The van der Waals surface area contributed by atoms with Gasteiger partial charge in [0, 0.05) is 36.0 Å². The maximum Gasteiger partial charge on any atom is 0.241 e. The number of nitrogens with one attached hydrogen (secondary N) is 1. The lowest BCUT2D eigenvalue weighted by atomic mass is 10.1. The Morgan fingerprint density at radius 1 is 1.03 bits per heavy atom. The van der Waals surface area contributed by atoms with Crippen LogP contribution in [-0.4, -0.2) is 36.0 Å². The van der Waals surface area contributed by atoms with Crippen molar-refractivity contribution in [1.29, 1.82) is 0 Å². The monoisotopic (exact) mass is 510 g/mol. The Morgan fingerprint density at radius 3 is 2.46 bits per heavy atom. The fourth-order valence-electron chi connectivity index (χ4n) is 3.64. The first kappa shape index (κ1) is 24.8. The van der Waals surface area contributed by atoms with E-state index in [4.69, 9.17) is 33.5 Å². The van der Waals surface area contributed by atoms with Gasteiger partial charge in [-0.15, -0.1) is 0 Å². The molecule has 1 heterocycles. The highest BCUT2D eigenvalue weighted by Gasteiger charge is 2.17. The molecule has 7 nitrogen and oxygen atoms in total. The Labute approximate surface area is 213 Å². The molecule has 0 aliphatic heterocycles. The second kappa shape index (κ2) is 11.4. The minimum absolute atomic E-state index is 0.235. The van der Waals surface area contributed by atoms with Crippen LogP contribution in [0.15, 0.2) is 83.4 Å². The predicted octanol–water partition coefficient (Wildman–Crippen LogP) is 4.89. The number of carbonyl (C=O) groups is 1. The molecule has 0 saturated heterocycles. The lowest BCUT2D eigenvalue weighted by Gasteiger charge is -2.23. The highest BCUT2D eigenvalue weighted by atomic mass is 35.5. The van der Waals surface area contributed by atoms with E-state index in [9.17, 15) is 9.90 Å². The third-order valence-electron chi connectivity index (χ3n) is 5.52. The van der Waals surface area contributed by atoms with Crippen LogP contribution in [-0.2, 0) is 4.79 Å². The van der Waals surface area contributed by atoms with Gasteiger partial charge in [-0.3, -0.25) is 4.79 Å². The quantitative estimate of drug-likeness (QED) is 0.277. The van der Waals surface area contributed by atoms with Crippen LogP contribution in [0.5, 0.6) is 0 Å². The molecule has 0 aliphatic rings. The van der Waals surface area contributed by atoms with Crippen molar-refractivity contribution in [3.8, 4) is 22.6 Å². The van der Waals surface area contributed by atoms with Crippen molar-refractivity contribution in [2.45, 2.75) is 6.04 Å². The van der Waals surface area contributed by atoms with Crippen LogP contribution >= 0.6 is 23.2 Å². The number of amides is 1. The van der Waals surface area contributed by atoms with E-state index in [2.05, 4.69) is 10.5 Å². The minimum atomic E-state index is -0.755. The van der Waals surface area contributed by atoms with E-state index in [0.717, 1.165) is 16.8 Å². The first-order chi connectivity index (χ1) is 17.0. The summed E-state index contributed by atoms with van der Waals surface area (Å²) in [6.07, 6.45) is 0. The van der Waals surface area contributed by atoms with Gasteiger partial charge in [0.15, 0.2) is 5.76 Å². The number of carbonyl (C=O) groups excluding carboxylic acids is 1. The number of aromatic nitrogens is 1. The van der Waals surface area contributed by atoms with Crippen LogP contribution in [0.3, 0.4) is 0 Å². The molecule has 4 aromatic rings. The van der Waals surface area contributed by atoms with Gasteiger partial charge in [0.05, 0.1) is 10.0 Å². The number of aliphatic hydroxyl groups excluding tert-OH is 1. The summed E-state index contributed by atoms with van der Waals surface area (Å²) in [4.78, 5) is 14.1. The van der Waals surface area contributed by atoms with E-state index in [1.807, 2.05) is 54.6 Å². The lowest BCUT2D eigenvalue weighted by molar-refractivity contribution is -0.122. The lowest BCUT2D eigenvalue weighted by Crippen LogP contribution is -2.39. The van der Waals surface area contributed by atoms with Gasteiger partial charge in [-0.05, 0) is 29.8 Å². The van der Waals surface area contributed by atoms with Gasteiger partial charge in [0.1, 0.15) is 18.5 Å². The van der Waals surface area contributed by atoms with E-state index < -0.39 is 6.04 Å². The third kappa shape index (κ3) is 5.83. The summed E-state index contributed by atoms with van der Waals surface area (Å²) in [5.74, 6) is 0.244. The van der Waals surface area contributed by atoms with Crippen molar-refractivity contribution in [2.75, 3.05) is 24.7 Å². The average Bonchev–Trinajstić information content (AvgIpc) is 3.36. The standard InChI is InChI=1S/C26H24Cl2N4O3/c27-20-10-5-11-21(28)24(20)22-15-23(35-31-22)18-8-4-9-19(14-18)32(16-33)13-12-30-26(34)25(29)17-6-2-1-3-7-17/h1-11,14-15,25,33H,12-13,16,29H2,(H,30,34). The van der Waals surface area contributed by atoms with Crippen molar-refractivity contribution in [1.82, 2.24) is 10.5 Å². The van der Waals surface area contributed by atoms with Crippen molar-refractivity contribution in [3.63, 3.8) is 0 Å². The molecule has 0 spiro atoms. The van der Waals surface area contributed by atoms with Crippen LogP contribution in [0.2, 0.25) is 10.0 Å². The molecule has 1 amide bonds. The summed E-state index contributed by atoms with van der Waals surface area (Å²) in [5.41, 5.74) is 9.41. The summed E-state index contributed by atoms with van der Waals surface area (Å²) < 4.78 is 5.55. The average molecular weight is 511 g/mol. The van der Waals surface area contributed by atoms with Gasteiger partial charge < -0.3 is 25.6 Å². The summed E-state index contributed by atoms with van der Waals surface area (Å²) >= 11 is 12.6. The van der Waals surface area contributed by atoms with Crippen LogP contribution in [0, 0.1) is 0 Å². The Kier molecular flexibility index (Phi) is 8.05. The third-order valence-corrected chi connectivity index (χ3v) is 6.15. The van der Waals surface area contributed by atoms with E-state index in [1.54, 1.807) is 29.2 Å². The normalized spacial score (nSPS) is 11.8. The Bertz CT molecular complexity index is 1280. The van der Waals surface area contributed by atoms with Crippen molar-refractivity contribution in [3.05, 3.63) is 94.5 Å². The summed E-state index contributed by atoms with van der Waals surface area (Å²) in [7, 11) is 0. The zero-order valence-electron chi connectivity index (χ0n) is 18.7. The molecule has 0 bridgehead atoms. The molecule has 4 N–H and O–H groups in total. The second-order valence-electron chi connectivity index (χ2n) is 7.81. The Morgan fingerprint density at radius 2 is 1.74 bits per heavy atom. The topological polar surface area (TPSA) is 105 Å². The smallest absolute Gasteiger partial charge is 0.241 e. The Hall–Kier alpha value is -3.36. The molecule has 4 rings (SSSR count). The maximum absolute atomic E-state index is 12.4. The van der Waals surface area contributed by atoms with Crippen molar-refractivity contribution < 1.29 is 14.4 Å². The fourth-order valence-corrected chi connectivity index (χ4v) is 4.24. The molecule has 9 heteroatoms. The molecule has 35 heavy (non-hydrogen) atoms. The number of anilines is 1. The molecule has 0 aliphatic carbocycles. The highest BCUT2D eigenvalue weighted by molar-refractivity contribution is 6.39. The number of halogens is 2. The summed E-state index contributed by atoms with van der Waals surface area (Å²) in [6.45, 7) is 0.451. The zero-order valence-corrected chi connectivity index (χ0v) is 20.2. The molecular weight excluding hydrogens is 487 g/mol. The first-order valence-electron chi connectivity index (χ1n) is 10.9. The summed E-state index contributed by atoms with van der Waals surface area (Å²) in [6, 6.07) is 22.9. The van der Waals surface area contributed by atoms with Crippen LogP contribution in [0.1, 0.15) is 11.6 Å². The molecule has 1 atom stereocenters. The van der Waals surface area contributed by atoms with Crippen LogP contribution in [0.4, 0.5) is 5.69 Å². The SMILES string of the molecule is NC(C(=O)NCCN(CO)c1cccc(-c2cc(-c3c(Cl)cccc3Cl)no2)c1)c1ccccc1. The molecule has 1 unspecified atom stereocenters. The largest absolute Gasteiger partial charge is 0.376 e. The molecular formula is C26H24Cl2N4O3. The number of benzene rings is 3.